The Balaban J connectivity index is 2.79. The molecule has 1 aliphatic rings. The first kappa shape index (κ1) is 8.79. The summed E-state index contributed by atoms with van der Waals surface area (Å²) in [5, 5.41) is 0. The van der Waals surface area contributed by atoms with Gasteiger partial charge < -0.3 is 5.73 Å². The minimum Gasteiger partial charge on any atom is -0.316 e. The molecule has 0 unspecified atom stereocenters. The number of sulfone groups is 1. The molecule has 0 spiro atoms. The normalized spacial score (nSPS) is 27.6. The van der Waals surface area contributed by atoms with Gasteiger partial charge in [-0.25, -0.2) is 8.42 Å². The Morgan fingerprint density at radius 2 is 1.64 bits per heavy atom. The maximum absolute atomic E-state index is 11.8. The maximum Gasteiger partial charge on any atom is 0.408 e. The van der Waals surface area contributed by atoms with Gasteiger partial charge in [-0.05, 0) is 0 Å². The molecule has 1 aliphatic heterocycles. The van der Waals surface area contributed by atoms with Gasteiger partial charge in [0.15, 0.2) is 9.84 Å². The SMILES string of the molecule is NC1(C(F)(F)F)CS(=O)(=O)C1. The first-order chi connectivity index (χ1) is 4.66. The molecule has 0 aliphatic carbocycles. The van der Waals surface area contributed by atoms with E-state index in [-0.39, 0.29) is 0 Å². The molecule has 0 aromatic rings. The second-order valence-corrected chi connectivity index (χ2v) is 4.75. The Hall–Kier alpha value is -0.300. The van der Waals surface area contributed by atoms with E-state index in [0.717, 1.165) is 0 Å². The van der Waals surface area contributed by atoms with Gasteiger partial charge in [0.25, 0.3) is 0 Å². The lowest BCUT2D eigenvalue weighted by molar-refractivity contribution is -0.176. The third-order valence-corrected chi connectivity index (χ3v) is 3.43. The average Bonchev–Trinajstić information content (AvgIpc) is 1.55. The van der Waals surface area contributed by atoms with Crippen LogP contribution in [0.1, 0.15) is 0 Å². The van der Waals surface area contributed by atoms with Gasteiger partial charge in [-0.3, -0.25) is 0 Å². The van der Waals surface area contributed by atoms with Crippen LogP contribution in [-0.4, -0.2) is 31.6 Å². The number of hydrogen-bond donors (Lipinski definition) is 1. The molecule has 0 aromatic carbocycles. The van der Waals surface area contributed by atoms with E-state index >= 15 is 0 Å². The molecule has 0 aromatic heterocycles. The van der Waals surface area contributed by atoms with Gasteiger partial charge in [0, 0.05) is 0 Å². The van der Waals surface area contributed by atoms with E-state index in [0.29, 0.717) is 0 Å². The quantitative estimate of drug-likeness (QED) is 0.567. The third-order valence-electron chi connectivity index (χ3n) is 1.52. The highest BCUT2D eigenvalue weighted by Gasteiger charge is 2.62. The van der Waals surface area contributed by atoms with E-state index in [2.05, 4.69) is 0 Å². The van der Waals surface area contributed by atoms with Gasteiger partial charge in [-0.15, -0.1) is 0 Å². The van der Waals surface area contributed by atoms with Crippen molar-refractivity contribution in [3.63, 3.8) is 0 Å². The topological polar surface area (TPSA) is 60.2 Å². The fraction of sp³-hybridized carbons (Fsp3) is 1.00. The van der Waals surface area contributed by atoms with Crippen molar-refractivity contribution in [1.82, 2.24) is 0 Å². The van der Waals surface area contributed by atoms with Crippen LogP contribution in [-0.2, 0) is 9.84 Å². The van der Waals surface area contributed by atoms with E-state index in [9.17, 15) is 21.6 Å². The van der Waals surface area contributed by atoms with Crippen molar-refractivity contribution in [1.29, 1.82) is 0 Å². The highest BCUT2D eigenvalue weighted by Crippen LogP contribution is 2.36. The summed E-state index contributed by atoms with van der Waals surface area (Å²) in [6.07, 6.45) is -4.61. The molecular weight excluding hydrogens is 183 g/mol. The number of hydrogen-bond acceptors (Lipinski definition) is 3. The molecule has 1 saturated heterocycles. The molecule has 66 valence electrons. The van der Waals surface area contributed by atoms with Gasteiger partial charge in [-0.1, -0.05) is 0 Å². The van der Waals surface area contributed by atoms with Crippen LogP contribution in [0.5, 0.6) is 0 Å². The molecule has 0 saturated carbocycles. The van der Waals surface area contributed by atoms with Crippen LogP contribution in [0, 0.1) is 0 Å². The van der Waals surface area contributed by atoms with Gasteiger partial charge >= 0.3 is 6.18 Å². The third kappa shape index (κ3) is 1.34. The molecule has 0 amide bonds. The molecular formula is C4H6F3NO2S. The van der Waals surface area contributed by atoms with E-state index < -0.39 is 33.1 Å². The lowest BCUT2D eigenvalue weighted by atomic mass is 10.1. The largest absolute Gasteiger partial charge is 0.408 e. The fourth-order valence-corrected chi connectivity index (χ4v) is 2.72. The number of rotatable bonds is 0. The highest BCUT2D eigenvalue weighted by atomic mass is 32.2. The van der Waals surface area contributed by atoms with Crippen molar-refractivity contribution in [2.75, 3.05) is 11.5 Å². The predicted octanol–water partition coefficient (Wildman–Crippen LogP) is -0.325. The molecule has 0 radical (unpaired) electrons. The highest BCUT2D eigenvalue weighted by molar-refractivity contribution is 7.93. The first-order valence-electron chi connectivity index (χ1n) is 2.72. The van der Waals surface area contributed by atoms with Crippen LogP contribution in [0.3, 0.4) is 0 Å². The minimum atomic E-state index is -4.61. The predicted molar refractivity (Wildman–Crippen MR) is 31.6 cm³/mol. The Morgan fingerprint density at radius 1 is 1.27 bits per heavy atom. The van der Waals surface area contributed by atoms with Crippen LogP contribution in [0.4, 0.5) is 13.2 Å². The lowest BCUT2D eigenvalue weighted by Gasteiger charge is -2.38. The zero-order chi connectivity index (χ0) is 8.91. The van der Waals surface area contributed by atoms with E-state index in [1.165, 1.54) is 0 Å². The van der Waals surface area contributed by atoms with Gasteiger partial charge in [0.05, 0.1) is 11.5 Å². The van der Waals surface area contributed by atoms with Crippen molar-refractivity contribution in [2.24, 2.45) is 5.73 Å². The zero-order valence-electron chi connectivity index (χ0n) is 5.35. The van der Waals surface area contributed by atoms with E-state index in [1.54, 1.807) is 0 Å². The van der Waals surface area contributed by atoms with Crippen LogP contribution >= 0.6 is 0 Å². The molecule has 3 nitrogen and oxygen atoms in total. The molecule has 1 rings (SSSR count). The summed E-state index contributed by atoms with van der Waals surface area (Å²) < 4.78 is 56.3. The molecule has 11 heavy (non-hydrogen) atoms. The summed E-state index contributed by atoms with van der Waals surface area (Å²) in [6.45, 7) is 0. The fourth-order valence-electron chi connectivity index (χ4n) is 0.906. The summed E-state index contributed by atoms with van der Waals surface area (Å²) in [4.78, 5) is 0. The zero-order valence-corrected chi connectivity index (χ0v) is 6.17. The molecule has 0 bridgehead atoms. The molecule has 2 N–H and O–H groups in total. The summed E-state index contributed by atoms with van der Waals surface area (Å²) in [5.41, 5.74) is 2.26. The summed E-state index contributed by atoms with van der Waals surface area (Å²) in [6, 6.07) is 0. The Labute approximate surface area is 61.3 Å². The number of nitrogens with two attached hydrogens (primary N) is 1. The molecule has 1 heterocycles. The summed E-state index contributed by atoms with van der Waals surface area (Å²) >= 11 is 0. The minimum absolute atomic E-state index is 0.983. The summed E-state index contributed by atoms with van der Waals surface area (Å²) in [7, 11) is -3.52. The van der Waals surface area contributed by atoms with Crippen molar-refractivity contribution in [3.8, 4) is 0 Å². The average molecular weight is 189 g/mol. The first-order valence-corrected chi connectivity index (χ1v) is 4.54. The van der Waals surface area contributed by atoms with Crippen LogP contribution < -0.4 is 5.73 Å². The van der Waals surface area contributed by atoms with Crippen molar-refractivity contribution in [3.05, 3.63) is 0 Å². The standard InChI is InChI=1S/C4H6F3NO2S/c5-4(6,7)3(8)1-11(9,10)2-3/h1-2,8H2. The number of halogens is 3. The van der Waals surface area contributed by atoms with Gasteiger partial charge in [0.2, 0.25) is 0 Å². The van der Waals surface area contributed by atoms with E-state index in [4.69, 9.17) is 5.73 Å². The van der Waals surface area contributed by atoms with Crippen LogP contribution in [0.25, 0.3) is 0 Å². The lowest BCUT2D eigenvalue weighted by Crippen LogP contribution is -2.69. The van der Waals surface area contributed by atoms with E-state index in [1.807, 2.05) is 0 Å². The smallest absolute Gasteiger partial charge is 0.316 e. The maximum atomic E-state index is 11.8. The Bertz CT molecular complexity index is 256. The van der Waals surface area contributed by atoms with Crippen LogP contribution in [0.2, 0.25) is 0 Å². The second-order valence-electron chi connectivity index (χ2n) is 2.69. The van der Waals surface area contributed by atoms with Crippen molar-refractivity contribution in [2.45, 2.75) is 11.7 Å². The molecule has 1 fully saturated rings. The summed E-state index contributed by atoms with van der Waals surface area (Å²) in [5.74, 6) is -1.97. The second kappa shape index (κ2) is 1.89. The Morgan fingerprint density at radius 3 is 1.73 bits per heavy atom. The number of alkyl halides is 3. The molecule has 0 atom stereocenters. The monoisotopic (exact) mass is 189 g/mol. The molecule has 7 heteroatoms. The van der Waals surface area contributed by atoms with Crippen molar-refractivity contribution >= 4 is 9.84 Å². The van der Waals surface area contributed by atoms with Gasteiger partial charge in [0.1, 0.15) is 5.54 Å². The van der Waals surface area contributed by atoms with Gasteiger partial charge in [-0.2, -0.15) is 13.2 Å². The Kier molecular flexibility index (Phi) is 1.51. The van der Waals surface area contributed by atoms with Crippen LogP contribution in [0.15, 0.2) is 0 Å². The van der Waals surface area contributed by atoms with Crippen molar-refractivity contribution < 1.29 is 21.6 Å².